The van der Waals surface area contributed by atoms with Crippen molar-refractivity contribution in [2.24, 2.45) is 0 Å². The zero-order chi connectivity index (χ0) is 26.4. The van der Waals surface area contributed by atoms with Crippen molar-refractivity contribution in [3.63, 3.8) is 0 Å². The molecule has 0 heterocycles. The lowest BCUT2D eigenvalue weighted by atomic mass is 9.99. The van der Waals surface area contributed by atoms with Crippen LogP contribution in [0.1, 0.15) is 98.6 Å². The van der Waals surface area contributed by atoms with E-state index in [0.717, 1.165) is 45.9 Å². The van der Waals surface area contributed by atoms with Gasteiger partial charge >= 0.3 is 0 Å². The van der Waals surface area contributed by atoms with E-state index in [-0.39, 0.29) is 0 Å². The van der Waals surface area contributed by atoms with Gasteiger partial charge in [0.25, 0.3) is 0 Å². The molecule has 0 aliphatic rings. The SMILES string of the molecule is CCCCCCc1ccc(C#Cc2cccc3c(C#Cc4ccc(CCCCCC)cc4)cccc23)cc1. The van der Waals surface area contributed by atoms with Gasteiger partial charge in [-0.2, -0.15) is 0 Å². The van der Waals surface area contributed by atoms with Crippen LogP contribution in [-0.4, -0.2) is 0 Å². The Balaban J connectivity index is 1.46. The van der Waals surface area contributed by atoms with Crippen LogP contribution in [0.3, 0.4) is 0 Å². The van der Waals surface area contributed by atoms with Crippen molar-refractivity contribution >= 4 is 10.8 Å². The quantitative estimate of drug-likeness (QED) is 0.151. The molecule has 192 valence electrons. The molecule has 0 bridgehead atoms. The molecule has 0 fully saturated rings. The number of aryl methyl sites for hydroxylation is 2. The first-order valence-corrected chi connectivity index (χ1v) is 14.5. The van der Waals surface area contributed by atoms with Gasteiger partial charge in [-0.1, -0.05) is 125 Å². The minimum Gasteiger partial charge on any atom is -0.0654 e. The van der Waals surface area contributed by atoms with E-state index in [4.69, 9.17) is 0 Å². The van der Waals surface area contributed by atoms with E-state index in [1.807, 2.05) is 0 Å². The van der Waals surface area contributed by atoms with Crippen molar-refractivity contribution in [1.29, 1.82) is 0 Å². The fraction of sp³-hybridized carbons (Fsp3) is 0.316. The summed E-state index contributed by atoms with van der Waals surface area (Å²) in [5.41, 5.74) is 7.01. The standard InChI is InChI=1S/C38H40/c1-3-5-7-9-13-31-19-23-33(24-20-31)27-29-35-15-11-18-38-36(16-12-17-37(35)38)30-28-34-25-21-32(22-26-34)14-10-8-6-4-2/h11-12,15-26H,3-10,13-14H2,1-2H3. The molecule has 0 heteroatoms. The second-order valence-corrected chi connectivity index (χ2v) is 10.2. The molecular formula is C38H40. The average molecular weight is 497 g/mol. The van der Waals surface area contributed by atoms with Gasteiger partial charge in [0, 0.05) is 22.3 Å². The van der Waals surface area contributed by atoms with Crippen molar-refractivity contribution in [3.05, 3.63) is 118 Å². The highest BCUT2D eigenvalue weighted by atomic mass is 14.1. The minimum atomic E-state index is 1.04. The van der Waals surface area contributed by atoms with E-state index in [0.29, 0.717) is 0 Å². The predicted octanol–water partition coefficient (Wildman–Crippen LogP) is 9.88. The number of hydrogen-bond donors (Lipinski definition) is 0. The third kappa shape index (κ3) is 8.13. The first-order chi connectivity index (χ1) is 18.8. The highest BCUT2D eigenvalue weighted by molar-refractivity contribution is 5.92. The van der Waals surface area contributed by atoms with Gasteiger partial charge in [0.15, 0.2) is 0 Å². The first-order valence-electron chi connectivity index (χ1n) is 14.5. The summed E-state index contributed by atoms with van der Waals surface area (Å²) >= 11 is 0. The Labute approximate surface area is 230 Å². The Kier molecular flexibility index (Phi) is 10.7. The summed E-state index contributed by atoms with van der Waals surface area (Å²) < 4.78 is 0. The van der Waals surface area contributed by atoms with Crippen LogP contribution in [0.25, 0.3) is 10.8 Å². The van der Waals surface area contributed by atoms with Crippen LogP contribution < -0.4 is 0 Å². The molecular weight excluding hydrogens is 456 g/mol. The maximum Gasteiger partial charge on any atom is 0.0327 e. The fourth-order valence-corrected chi connectivity index (χ4v) is 4.83. The molecule has 4 aromatic carbocycles. The molecule has 0 amide bonds. The molecule has 0 aliphatic heterocycles. The molecule has 0 nitrogen and oxygen atoms in total. The maximum absolute atomic E-state index is 3.42. The highest BCUT2D eigenvalue weighted by Crippen LogP contribution is 2.22. The van der Waals surface area contributed by atoms with E-state index >= 15 is 0 Å². The molecule has 0 N–H and O–H groups in total. The van der Waals surface area contributed by atoms with Crippen molar-refractivity contribution < 1.29 is 0 Å². The molecule has 0 spiro atoms. The number of hydrogen-bond acceptors (Lipinski definition) is 0. The van der Waals surface area contributed by atoms with Crippen LogP contribution in [0.5, 0.6) is 0 Å². The third-order valence-corrected chi connectivity index (χ3v) is 7.15. The molecule has 4 rings (SSSR count). The summed E-state index contributed by atoms with van der Waals surface area (Å²) in [5, 5.41) is 2.31. The molecule has 0 radical (unpaired) electrons. The maximum atomic E-state index is 3.42. The molecule has 0 saturated heterocycles. The number of benzene rings is 4. The molecule has 38 heavy (non-hydrogen) atoms. The van der Waals surface area contributed by atoms with Gasteiger partial charge < -0.3 is 0 Å². The molecule has 0 aliphatic carbocycles. The Morgan fingerprint density at radius 2 is 0.842 bits per heavy atom. The molecule has 0 atom stereocenters. The van der Waals surface area contributed by atoms with Crippen LogP contribution in [-0.2, 0) is 12.8 Å². The monoisotopic (exact) mass is 496 g/mol. The zero-order valence-electron chi connectivity index (χ0n) is 23.2. The Morgan fingerprint density at radius 3 is 1.24 bits per heavy atom. The molecule has 0 saturated carbocycles. The molecule has 4 aromatic rings. The molecule has 0 unspecified atom stereocenters. The van der Waals surface area contributed by atoms with Crippen molar-refractivity contribution in [3.8, 4) is 23.7 Å². The highest BCUT2D eigenvalue weighted by Gasteiger charge is 2.02. The molecule has 0 aromatic heterocycles. The Hall–Kier alpha value is -3.74. The number of fused-ring (bicyclic) bond motifs is 1. The second-order valence-electron chi connectivity index (χ2n) is 10.2. The summed E-state index contributed by atoms with van der Waals surface area (Å²) in [7, 11) is 0. The van der Waals surface area contributed by atoms with Gasteiger partial charge in [-0.25, -0.2) is 0 Å². The van der Waals surface area contributed by atoms with Crippen LogP contribution >= 0.6 is 0 Å². The van der Waals surface area contributed by atoms with Gasteiger partial charge in [0.05, 0.1) is 0 Å². The average Bonchev–Trinajstić information content (AvgIpc) is 2.96. The number of unbranched alkanes of at least 4 members (excludes halogenated alkanes) is 6. The van der Waals surface area contributed by atoms with Crippen LogP contribution in [0, 0.1) is 23.7 Å². The van der Waals surface area contributed by atoms with Gasteiger partial charge in [-0.15, -0.1) is 0 Å². The lowest BCUT2D eigenvalue weighted by molar-refractivity contribution is 0.667. The summed E-state index contributed by atoms with van der Waals surface area (Å²) in [4.78, 5) is 0. The van der Waals surface area contributed by atoms with Crippen LogP contribution in [0.4, 0.5) is 0 Å². The van der Waals surface area contributed by atoms with E-state index in [2.05, 4.69) is 122 Å². The van der Waals surface area contributed by atoms with Gasteiger partial charge in [0.2, 0.25) is 0 Å². The van der Waals surface area contributed by atoms with Crippen LogP contribution in [0.15, 0.2) is 84.9 Å². The van der Waals surface area contributed by atoms with Gasteiger partial charge in [-0.3, -0.25) is 0 Å². The topological polar surface area (TPSA) is 0 Å². The largest absolute Gasteiger partial charge is 0.0654 e. The normalized spacial score (nSPS) is 10.5. The van der Waals surface area contributed by atoms with Crippen molar-refractivity contribution in [2.75, 3.05) is 0 Å². The summed E-state index contributed by atoms with van der Waals surface area (Å²) in [6, 6.07) is 30.2. The summed E-state index contributed by atoms with van der Waals surface area (Å²) in [6.45, 7) is 4.51. The second kappa shape index (κ2) is 14.9. The van der Waals surface area contributed by atoms with E-state index in [1.165, 1.54) is 62.5 Å². The lowest BCUT2D eigenvalue weighted by Gasteiger charge is -2.04. The van der Waals surface area contributed by atoms with E-state index < -0.39 is 0 Å². The van der Waals surface area contributed by atoms with E-state index in [9.17, 15) is 0 Å². The zero-order valence-corrected chi connectivity index (χ0v) is 23.2. The summed E-state index contributed by atoms with van der Waals surface area (Å²) in [6.07, 6.45) is 12.7. The van der Waals surface area contributed by atoms with Gasteiger partial charge in [-0.05, 0) is 84.0 Å². The smallest absolute Gasteiger partial charge is 0.0327 e. The fourth-order valence-electron chi connectivity index (χ4n) is 4.83. The first kappa shape index (κ1) is 27.3. The van der Waals surface area contributed by atoms with E-state index in [1.54, 1.807) is 0 Å². The van der Waals surface area contributed by atoms with Crippen molar-refractivity contribution in [1.82, 2.24) is 0 Å². The predicted molar refractivity (Wildman–Crippen MR) is 164 cm³/mol. The third-order valence-electron chi connectivity index (χ3n) is 7.15. The van der Waals surface area contributed by atoms with Crippen molar-refractivity contribution in [2.45, 2.75) is 78.1 Å². The Bertz CT molecular complexity index is 1300. The minimum absolute atomic E-state index is 1.04. The van der Waals surface area contributed by atoms with Gasteiger partial charge in [0.1, 0.15) is 0 Å². The van der Waals surface area contributed by atoms with Crippen LogP contribution in [0.2, 0.25) is 0 Å². The number of rotatable bonds is 10. The lowest BCUT2D eigenvalue weighted by Crippen LogP contribution is -1.87. The Morgan fingerprint density at radius 1 is 0.421 bits per heavy atom. The summed E-state index contributed by atoms with van der Waals surface area (Å²) in [5.74, 6) is 13.6.